The molecule has 0 unspecified atom stereocenters. The highest BCUT2D eigenvalue weighted by atomic mass is 32.1. The van der Waals surface area contributed by atoms with E-state index in [0.29, 0.717) is 4.70 Å². The van der Waals surface area contributed by atoms with E-state index in [9.17, 15) is 9.90 Å². The quantitative estimate of drug-likeness (QED) is 0.467. The highest BCUT2D eigenvalue weighted by Crippen LogP contribution is 2.31. The van der Waals surface area contributed by atoms with Crippen molar-refractivity contribution < 1.29 is 24.9 Å². The van der Waals surface area contributed by atoms with E-state index in [1.807, 2.05) is 0 Å². The fraction of sp³-hybridized carbons (Fsp3) is 0.462. The molecule has 2 heterocycles. The number of carbonyl (C=O) groups excluding carboxylic acids is 1. The number of aliphatic hydroxyl groups excluding tert-OH is 2. The van der Waals surface area contributed by atoms with Gasteiger partial charge in [0, 0.05) is 18.5 Å². The number of aromatic hydroxyl groups is 1. The topological polar surface area (TPSA) is 142 Å². The predicted octanol–water partition coefficient (Wildman–Crippen LogP) is -0.578. The Kier molecular flexibility index (Phi) is 6.04. The molecular weight excluding hydrogens is 324 g/mol. The molecule has 0 bridgehead atoms. The molecule has 5 N–H and O–H groups in total. The van der Waals surface area contributed by atoms with Crippen LogP contribution in [0.4, 0.5) is 5.95 Å². The molecule has 23 heavy (non-hydrogen) atoms. The average molecular weight is 342 g/mol. The van der Waals surface area contributed by atoms with Crippen molar-refractivity contribution in [2.24, 2.45) is 0 Å². The zero-order chi connectivity index (χ0) is 16.8. The number of rotatable bonds is 8. The van der Waals surface area contributed by atoms with Crippen LogP contribution in [0.15, 0.2) is 5.38 Å². The molecular formula is C13H18N4O5S. The molecule has 2 rings (SSSR count). The largest absolute Gasteiger partial charge is 0.492 e. The number of hydrogen-bond donors (Lipinski definition) is 4. The second-order valence-corrected chi connectivity index (χ2v) is 5.46. The minimum Gasteiger partial charge on any atom is -0.492 e. The van der Waals surface area contributed by atoms with E-state index in [0.717, 1.165) is 11.3 Å². The SMILES string of the molecule is Nc1nc(O)c2scc(C(=O)N(CCO)CCOCCO)c2n1. The van der Waals surface area contributed by atoms with Crippen LogP contribution in [0.5, 0.6) is 5.88 Å². The predicted molar refractivity (Wildman–Crippen MR) is 84.4 cm³/mol. The maximum Gasteiger partial charge on any atom is 0.257 e. The summed E-state index contributed by atoms with van der Waals surface area (Å²) in [4.78, 5) is 21.7. The summed E-state index contributed by atoms with van der Waals surface area (Å²) < 4.78 is 5.52. The standard InChI is InChI=1S/C13H18N4O5S/c14-13-15-9-8(7-23-10(9)11(20)16-13)12(21)17(1-3-18)2-5-22-6-4-19/h7,18-19H,1-6H2,(H3,14,15,16,20). The third kappa shape index (κ3) is 4.05. The van der Waals surface area contributed by atoms with Gasteiger partial charge >= 0.3 is 0 Å². The van der Waals surface area contributed by atoms with Crippen LogP contribution >= 0.6 is 11.3 Å². The second kappa shape index (κ2) is 8.02. The van der Waals surface area contributed by atoms with Gasteiger partial charge in [-0.05, 0) is 0 Å². The van der Waals surface area contributed by atoms with Gasteiger partial charge in [-0.3, -0.25) is 4.79 Å². The number of aromatic nitrogens is 2. The van der Waals surface area contributed by atoms with Crippen LogP contribution in [0.2, 0.25) is 0 Å². The number of nitrogens with two attached hydrogens (primary N) is 1. The highest BCUT2D eigenvalue weighted by Gasteiger charge is 2.22. The Morgan fingerprint density at radius 1 is 1.26 bits per heavy atom. The van der Waals surface area contributed by atoms with Crippen LogP contribution in [-0.2, 0) is 4.74 Å². The van der Waals surface area contributed by atoms with Gasteiger partial charge in [0.15, 0.2) is 0 Å². The Bertz CT molecular complexity index is 678. The molecule has 126 valence electrons. The summed E-state index contributed by atoms with van der Waals surface area (Å²) in [6.45, 7) is 0.500. The molecule has 0 aliphatic rings. The van der Waals surface area contributed by atoms with Crippen molar-refractivity contribution in [3.8, 4) is 5.88 Å². The van der Waals surface area contributed by atoms with Crippen LogP contribution in [0.25, 0.3) is 10.2 Å². The van der Waals surface area contributed by atoms with Crippen molar-refractivity contribution in [3.63, 3.8) is 0 Å². The van der Waals surface area contributed by atoms with Gasteiger partial charge in [0.25, 0.3) is 5.91 Å². The molecule has 1 amide bonds. The normalized spacial score (nSPS) is 11.0. The lowest BCUT2D eigenvalue weighted by atomic mass is 10.2. The monoisotopic (exact) mass is 342 g/mol. The first-order valence-corrected chi connectivity index (χ1v) is 7.78. The van der Waals surface area contributed by atoms with Crippen LogP contribution in [0, 0.1) is 0 Å². The molecule has 0 saturated heterocycles. The zero-order valence-electron chi connectivity index (χ0n) is 12.3. The lowest BCUT2D eigenvalue weighted by Gasteiger charge is -2.21. The van der Waals surface area contributed by atoms with Gasteiger partial charge in [0.1, 0.15) is 10.2 Å². The smallest absolute Gasteiger partial charge is 0.257 e. The molecule has 0 saturated carbocycles. The van der Waals surface area contributed by atoms with Crippen molar-refractivity contribution in [2.45, 2.75) is 0 Å². The van der Waals surface area contributed by atoms with Gasteiger partial charge < -0.3 is 30.7 Å². The molecule has 0 fully saturated rings. The van der Waals surface area contributed by atoms with Gasteiger partial charge in [-0.1, -0.05) is 0 Å². The molecule has 0 radical (unpaired) electrons. The summed E-state index contributed by atoms with van der Waals surface area (Å²) >= 11 is 1.14. The first kappa shape index (κ1) is 17.3. The van der Waals surface area contributed by atoms with E-state index in [1.165, 1.54) is 4.90 Å². The molecule has 0 atom stereocenters. The molecule has 2 aromatic heterocycles. The van der Waals surface area contributed by atoms with Crippen LogP contribution in [0.3, 0.4) is 0 Å². The summed E-state index contributed by atoms with van der Waals surface area (Å²) in [7, 11) is 0. The number of fused-ring (bicyclic) bond motifs is 1. The summed E-state index contributed by atoms with van der Waals surface area (Å²) in [5.41, 5.74) is 6.08. The molecule has 2 aromatic rings. The number of amides is 1. The Balaban J connectivity index is 2.22. The molecule has 9 nitrogen and oxygen atoms in total. The maximum absolute atomic E-state index is 12.6. The van der Waals surface area contributed by atoms with Crippen LogP contribution in [0.1, 0.15) is 10.4 Å². The number of ether oxygens (including phenoxy) is 1. The van der Waals surface area contributed by atoms with Crippen molar-refractivity contribution in [1.29, 1.82) is 0 Å². The number of anilines is 1. The van der Waals surface area contributed by atoms with Crippen molar-refractivity contribution in [2.75, 3.05) is 45.3 Å². The van der Waals surface area contributed by atoms with Gasteiger partial charge in [-0.2, -0.15) is 4.98 Å². The van der Waals surface area contributed by atoms with E-state index in [-0.39, 0.29) is 68.3 Å². The molecule has 10 heteroatoms. The maximum atomic E-state index is 12.6. The van der Waals surface area contributed by atoms with Crippen molar-refractivity contribution in [3.05, 3.63) is 10.9 Å². The summed E-state index contributed by atoms with van der Waals surface area (Å²) in [5, 5.41) is 29.1. The lowest BCUT2D eigenvalue weighted by molar-refractivity contribution is 0.0533. The molecule has 0 aliphatic carbocycles. The summed E-state index contributed by atoms with van der Waals surface area (Å²) in [5.74, 6) is -0.741. The van der Waals surface area contributed by atoms with Crippen molar-refractivity contribution in [1.82, 2.24) is 14.9 Å². The Labute approximate surface area is 136 Å². The van der Waals surface area contributed by atoms with E-state index < -0.39 is 0 Å². The number of nitrogen functional groups attached to an aromatic ring is 1. The van der Waals surface area contributed by atoms with Crippen LogP contribution in [-0.4, -0.2) is 75.6 Å². The highest BCUT2D eigenvalue weighted by molar-refractivity contribution is 7.17. The number of thiophene rings is 1. The number of aliphatic hydroxyl groups is 2. The third-order valence-corrected chi connectivity index (χ3v) is 4.01. The Hall–Kier alpha value is -2.01. The first-order valence-electron chi connectivity index (χ1n) is 6.91. The average Bonchev–Trinajstić information content (AvgIpc) is 2.93. The number of nitrogens with zero attached hydrogens (tertiary/aromatic N) is 3. The molecule has 0 spiro atoms. The lowest BCUT2D eigenvalue weighted by Crippen LogP contribution is -2.36. The molecule has 0 aliphatic heterocycles. The molecule has 0 aromatic carbocycles. The number of carbonyl (C=O) groups is 1. The van der Waals surface area contributed by atoms with Gasteiger partial charge in [0.2, 0.25) is 11.8 Å². The minimum absolute atomic E-state index is 0.0986. The van der Waals surface area contributed by atoms with Gasteiger partial charge in [-0.15, -0.1) is 11.3 Å². The van der Waals surface area contributed by atoms with Crippen molar-refractivity contribution >= 4 is 33.4 Å². The minimum atomic E-state index is -0.351. The number of hydrogen-bond acceptors (Lipinski definition) is 9. The summed E-state index contributed by atoms with van der Waals surface area (Å²) in [6.07, 6.45) is 0. The Morgan fingerprint density at radius 2 is 2.04 bits per heavy atom. The van der Waals surface area contributed by atoms with E-state index in [2.05, 4.69) is 9.97 Å². The van der Waals surface area contributed by atoms with E-state index in [4.69, 9.17) is 20.7 Å². The third-order valence-electron chi connectivity index (χ3n) is 3.04. The van der Waals surface area contributed by atoms with Crippen LogP contribution < -0.4 is 5.73 Å². The second-order valence-electron chi connectivity index (χ2n) is 4.58. The zero-order valence-corrected chi connectivity index (χ0v) is 13.1. The summed E-state index contributed by atoms with van der Waals surface area (Å²) in [6, 6.07) is 0. The van der Waals surface area contributed by atoms with Gasteiger partial charge in [-0.25, -0.2) is 4.98 Å². The first-order chi connectivity index (χ1) is 11.1. The van der Waals surface area contributed by atoms with Gasteiger partial charge in [0.05, 0.1) is 32.0 Å². The fourth-order valence-electron chi connectivity index (χ4n) is 2.02. The fourth-order valence-corrected chi connectivity index (χ4v) is 2.89. The van der Waals surface area contributed by atoms with E-state index in [1.54, 1.807) is 5.38 Å². The Morgan fingerprint density at radius 3 is 2.74 bits per heavy atom. The van der Waals surface area contributed by atoms with E-state index >= 15 is 0 Å².